The molecule has 4 heterocycles. The summed E-state index contributed by atoms with van der Waals surface area (Å²) < 4.78 is 50.7. The van der Waals surface area contributed by atoms with Gasteiger partial charge in [0.05, 0.1) is 23.8 Å². The zero-order chi connectivity index (χ0) is 24.5. The molecule has 0 bridgehead atoms. The van der Waals surface area contributed by atoms with Gasteiger partial charge in [-0.1, -0.05) is 23.4 Å². The van der Waals surface area contributed by atoms with Crippen LogP contribution in [0.4, 0.5) is 14.6 Å². The van der Waals surface area contributed by atoms with Crippen molar-refractivity contribution in [1.82, 2.24) is 15.0 Å². The Balaban J connectivity index is 1.29. The number of fused-ring (bicyclic) bond motifs is 2. The molecule has 2 saturated heterocycles. The third kappa shape index (κ3) is 4.89. The number of hydrogen-bond donors (Lipinski definition) is 3. The summed E-state index contributed by atoms with van der Waals surface area (Å²) in [5, 5.41) is 12.9. The molecule has 3 N–H and O–H groups in total. The average molecular weight is 507 g/mol. The molecule has 12 heteroatoms. The lowest BCUT2D eigenvalue weighted by atomic mass is 10.1. The molecule has 0 aliphatic carbocycles. The van der Waals surface area contributed by atoms with Crippen LogP contribution in [0.5, 0.6) is 6.01 Å². The van der Waals surface area contributed by atoms with Crippen LogP contribution in [0.15, 0.2) is 18.2 Å². The summed E-state index contributed by atoms with van der Waals surface area (Å²) in [5.74, 6) is 4.00. The number of pyridine rings is 1. The third-order valence-electron chi connectivity index (χ3n) is 5.67. The predicted octanol–water partition coefficient (Wildman–Crippen LogP) is 2.41. The van der Waals surface area contributed by atoms with E-state index in [-0.39, 0.29) is 54.3 Å². The Kier molecular flexibility index (Phi) is 6.73. The molecule has 5 rings (SSSR count). The topological polar surface area (TPSA) is 111 Å². The molecule has 0 radical (unpaired) electrons. The van der Waals surface area contributed by atoms with Gasteiger partial charge in [0.2, 0.25) is 0 Å². The van der Waals surface area contributed by atoms with Crippen LogP contribution in [0.25, 0.3) is 11.2 Å². The summed E-state index contributed by atoms with van der Waals surface area (Å²) >= 11 is 6.31. The molecular weight excluding hydrogens is 486 g/mol. The second kappa shape index (κ2) is 9.93. The van der Waals surface area contributed by atoms with Crippen molar-refractivity contribution in [3.8, 4) is 17.9 Å². The number of benzene rings is 1. The fraction of sp³-hybridized carbons (Fsp3) is 0.391. The van der Waals surface area contributed by atoms with Gasteiger partial charge in [0.25, 0.3) is 6.01 Å². The first-order valence-corrected chi connectivity index (χ1v) is 11.1. The summed E-state index contributed by atoms with van der Waals surface area (Å²) in [4.78, 5) is 11.6. The molecule has 9 nitrogen and oxygen atoms in total. The van der Waals surface area contributed by atoms with Gasteiger partial charge < -0.3 is 34.4 Å². The summed E-state index contributed by atoms with van der Waals surface area (Å²) in [5.41, 5.74) is 0.828. The number of methoxy groups -OCH3 is 1. The van der Waals surface area contributed by atoms with Crippen LogP contribution in [0, 0.1) is 23.5 Å². The van der Waals surface area contributed by atoms with Crippen LogP contribution in [0.3, 0.4) is 0 Å². The smallest absolute Gasteiger partial charge is 0.296 e. The van der Waals surface area contributed by atoms with E-state index in [1.165, 1.54) is 7.11 Å². The number of nitrogens with one attached hydrogen (secondary N) is 2. The number of H-pyrrole nitrogens is 1. The first-order valence-electron chi connectivity index (χ1n) is 10.8. The number of imidazole rings is 1. The van der Waals surface area contributed by atoms with Gasteiger partial charge in [0, 0.05) is 24.8 Å². The van der Waals surface area contributed by atoms with E-state index in [0.29, 0.717) is 11.2 Å². The molecule has 0 unspecified atom stereocenters. The summed E-state index contributed by atoms with van der Waals surface area (Å²) in [6, 6.07) is 4.07. The van der Waals surface area contributed by atoms with Gasteiger partial charge in [-0.25, -0.2) is 13.8 Å². The zero-order valence-electron chi connectivity index (χ0n) is 18.5. The second-order valence-corrected chi connectivity index (χ2v) is 8.47. The van der Waals surface area contributed by atoms with E-state index >= 15 is 0 Å². The Morgan fingerprint density at radius 2 is 1.97 bits per heavy atom. The van der Waals surface area contributed by atoms with Crippen LogP contribution >= 0.6 is 11.6 Å². The Bertz CT molecular complexity index is 1290. The summed E-state index contributed by atoms with van der Waals surface area (Å²) in [6.07, 6.45) is -1.96. The molecule has 0 saturated carbocycles. The number of aromatic amines is 1. The van der Waals surface area contributed by atoms with Crippen LogP contribution in [0.1, 0.15) is 11.1 Å². The molecule has 35 heavy (non-hydrogen) atoms. The zero-order valence-corrected chi connectivity index (χ0v) is 19.2. The van der Waals surface area contributed by atoms with Gasteiger partial charge in [-0.05, 0) is 18.2 Å². The van der Waals surface area contributed by atoms with Crippen LogP contribution < -0.4 is 10.1 Å². The fourth-order valence-corrected chi connectivity index (χ4v) is 4.21. The highest BCUT2D eigenvalue weighted by atomic mass is 35.5. The molecule has 1 aromatic carbocycles. The van der Waals surface area contributed by atoms with Crippen LogP contribution in [0.2, 0.25) is 5.02 Å². The largest absolute Gasteiger partial charge is 0.456 e. The van der Waals surface area contributed by atoms with E-state index in [9.17, 15) is 13.9 Å². The monoisotopic (exact) mass is 506 g/mol. The van der Waals surface area contributed by atoms with Gasteiger partial charge in [0.15, 0.2) is 11.8 Å². The summed E-state index contributed by atoms with van der Waals surface area (Å²) in [7, 11) is 1.48. The lowest BCUT2D eigenvalue weighted by Gasteiger charge is -2.15. The molecule has 2 aromatic heterocycles. The minimum atomic E-state index is -0.747. The third-order valence-corrected chi connectivity index (χ3v) is 5.96. The van der Waals surface area contributed by atoms with E-state index < -0.39 is 36.1 Å². The fourth-order valence-electron chi connectivity index (χ4n) is 3.99. The average Bonchev–Trinajstić information content (AvgIpc) is 3.50. The number of nitrogens with zero attached hydrogens (tertiary/aromatic N) is 2. The molecule has 2 aliphatic heterocycles. The molecule has 2 fully saturated rings. The van der Waals surface area contributed by atoms with Gasteiger partial charge in [-0.3, -0.25) is 0 Å². The standard InChI is InChI=1S/C23H21ClF2N4O5/c1-32-4-2-3-11-5-14(25)12(15(26)6-11)8-27-21-13(24)7-16-22(29-21)30-23(28-16)35-18-10-34-19-17(31)9-33-20(18)19/h5-7,17-20,31H,4,8-10H2,1H3,(H2,27,28,29,30)/t17-,18-,19-,20-/m1/s1. The molecule has 184 valence electrons. The van der Waals surface area contributed by atoms with Crippen molar-refractivity contribution in [3.05, 3.63) is 46.0 Å². The van der Waals surface area contributed by atoms with E-state index in [1.807, 2.05) is 0 Å². The SMILES string of the molecule is COCC#Cc1cc(F)c(CNc2nc3nc(O[C@@H]4CO[C@H]5[C@@H]4OC[C@H]5O)[nH]c3cc2Cl)c(F)c1. The maximum Gasteiger partial charge on any atom is 0.296 e. The number of ether oxygens (including phenoxy) is 4. The van der Waals surface area contributed by atoms with Gasteiger partial charge in [-0.15, -0.1) is 0 Å². The van der Waals surface area contributed by atoms with Crippen molar-refractivity contribution < 1.29 is 32.8 Å². The molecule has 4 atom stereocenters. The molecule has 0 amide bonds. The Morgan fingerprint density at radius 1 is 1.20 bits per heavy atom. The van der Waals surface area contributed by atoms with Crippen molar-refractivity contribution >= 4 is 28.6 Å². The predicted molar refractivity (Wildman–Crippen MR) is 121 cm³/mol. The van der Waals surface area contributed by atoms with Gasteiger partial charge >= 0.3 is 0 Å². The van der Waals surface area contributed by atoms with Crippen LogP contribution in [-0.4, -0.2) is 71.4 Å². The lowest BCUT2D eigenvalue weighted by molar-refractivity contribution is 0.00706. The van der Waals surface area contributed by atoms with Crippen LogP contribution in [-0.2, 0) is 20.8 Å². The van der Waals surface area contributed by atoms with Crippen molar-refractivity contribution in [3.63, 3.8) is 0 Å². The van der Waals surface area contributed by atoms with Gasteiger partial charge in [0.1, 0.15) is 42.4 Å². The highest BCUT2D eigenvalue weighted by molar-refractivity contribution is 6.33. The number of anilines is 1. The van der Waals surface area contributed by atoms with Crippen molar-refractivity contribution in [2.75, 3.05) is 32.2 Å². The first-order chi connectivity index (χ1) is 16.9. The number of halogens is 3. The molecule has 3 aromatic rings. The number of hydrogen-bond acceptors (Lipinski definition) is 8. The maximum atomic E-state index is 14.5. The van der Waals surface area contributed by atoms with Crippen molar-refractivity contribution in [1.29, 1.82) is 0 Å². The highest BCUT2D eigenvalue weighted by Crippen LogP contribution is 2.31. The number of aromatic nitrogens is 3. The van der Waals surface area contributed by atoms with E-state index in [4.69, 9.17) is 30.5 Å². The Hall–Kier alpha value is -3.01. The molecular formula is C23H21ClF2N4O5. The summed E-state index contributed by atoms with van der Waals surface area (Å²) in [6.45, 7) is 0.397. The lowest BCUT2D eigenvalue weighted by Crippen LogP contribution is -2.34. The highest BCUT2D eigenvalue weighted by Gasteiger charge is 2.48. The second-order valence-electron chi connectivity index (χ2n) is 8.06. The molecule has 2 aliphatic rings. The first kappa shape index (κ1) is 23.7. The normalized spacial score (nSPS) is 23.2. The minimum Gasteiger partial charge on any atom is -0.456 e. The number of rotatable bonds is 6. The van der Waals surface area contributed by atoms with E-state index in [1.54, 1.807) is 6.07 Å². The maximum absolute atomic E-state index is 14.5. The Labute approximate surface area is 203 Å². The van der Waals surface area contributed by atoms with E-state index in [0.717, 1.165) is 12.1 Å². The number of aliphatic hydroxyl groups is 1. The van der Waals surface area contributed by atoms with Crippen molar-refractivity contribution in [2.45, 2.75) is 31.0 Å². The molecule has 0 spiro atoms. The minimum absolute atomic E-state index is 0.158. The Morgan fingerprint density at radius 3 is 2.74 bits per heavy atom. The van der Waals surface area contributed by atoms with E-state index in [2.05, 4.69) is 32.1 Å². The van der Waals surface area contributed by atoms with Crippen molar-refractivity contribution in [2.24, 2.45) is 0 Å². The van der Waals surface area contributed by atoms with Gasteiger partial charge in [-0.2, -0.15) is 4.98 Å². The quantitative estimate of drug-likeness (QED) is 0.437. The number of aliphatic hydroxyl groups excluding tert-OH is 1.